The van der Waals surface area contributed by atoms with Crippen molar-refractivity contribution in [2.75, 3.05) is 11.2 Å². The van der Waals surface area contributed by atoms with Gasteiger partial charge in [-0.3, -0.25) is 0 Å². The number of pyridine rings is 1. The van der Waals surface area contributed by atoms with Crippen molar-refractivity contribution in [2.24, 2.45) is 0 Å². The van der Waals surface area contributed by atoms with Gasteiger partial charge in [-0.1, -0.05) is 0 Å². The maximum Gasteiger partial charge on any atom is 0.126 e. The number of hydrogen-bond acceptors (Lipinski definition) is 2. The summed E-state index contributed by atoms with van der Waals surface area (Å²) >= 11 is 9.07. The number of aromatic nitrogens is 1. The Bertz CT molecular complexity index is 291. The molecular weight excluding hydrogens is 251 g/mol. The van der Waals surface area contributed by atoms with Gasteiger partial charge >= 0.3 is 0 Å². The molecule has 1 atom stereocenters. The van der Waals surface area contributed by atoms with Crippen molar-refractivity contribution in [1.82, 2.24) is 4.98 Å². The molecule has 0 aliphatic carbocycles. The second kappa shape index (κ2) is 4.82. The van der Waals surface area contributed by atoms with Crippen molar-refractivity contribution in [1.29, 1.82) is 0 Å². The molecule has 1 rings (SSSR count). The monoisotopic (exact) mass is 262 g/mol. The summed E-state index contributed by atoms with van der Waals surface area (Å²) in [5, 5.41) is 3.20. The van der Waals surface area contributed by atoms with Gasteiger partial charge in [-0.25, -0.2) is 4.98 Å². The zero-order chi connectivity index (χ0) is 9.84. The average Bonchev–Trinajstić information content (AvgIpc) is 2.11. The van der Waals surface area contributed by atoms with Crippen LogP contribution in [0.4, 0.5) is 5.82 Å². The third-order valence-corrected chi connectivity index (χ3v) is 2.95. The fourth-order valence-corrected chi connectivity index (χ4v) is 1.21. The molecule has 0 aromatic carbocycles. The van der Waals surface area contributed by atoms with Crippen molar-refractivity contribution in [2.45, 2.75) is 19.9 Å². The number of alkyl halides is 1. The van der Waals surface area contributed by atoms with E-state index in [1.807, 2.05) is 26.0 Å². The van der Waals surface area contributed by atoms with E-state index in [9.17, 15) is 0 Å². The molecule has 1 aromatic heterocycles. The van der Waals surface area contributed by atoms with E-state index in [1.54, 1.807) is 0 Å². The van der Waals surface area contributed by atoms with Crippen LogP contribution in [0.25, 0.3) is 0 Å². The number of hydrogen-bond donors (Lipinski definition) is 1. The molecule has 0 bridgehead atoms. The third-order valence-electron chi connectivity index (χ3n) is 1.65. The number of aryl methyl sites for hydroxylation is 1. The zero-order valence-electron chi connectivity index (χ0n) is 7.64. The van der Waals surface area contributed by atoms with Crippen LogP contribution < -0.4 is 5.32 Å². The van der Waals surface area contributed by atoms with Gasteiger partial charge in [-0.05, 0) is 41.9 Å². The highest BCUT2D eigenvalue weighted by atomic mass is 79.9. The molecule has 0 saturated carbocycles. The smallest absolute Gasteiger partial charge is 0.126 e. The molecule has 1 heterocycles. The van der Waals surface area contributed by atoms with E-state index in [1.165, 1.54) is 0 Å². The fourth-order valence-electron chi connectivity index (χ4n) is 0.915. The third kappa shape index (κ3) is 3.16. The Morgan fingerprint density at radius 2 is 2.31 bits per heavy atom. The van der Waals surface area contributed by atoms with Crippen molar-refractivity contribution < 1.29 is 0 Å². The predicted molar refractivity (Wildman–Crippen MR) is 60.5 cm³/mol. The van der Waals surface area contributed by atoms with Crippen LogP contribution in [0.2, 0.25) is 0 Å². The summed E-state index contributed by atoms with van der Waals surface area (Å²) in [6.07, 6.45) is 0. The Morgan fingerprint density at radius 3 is 2.85 bits per heavy atom. The number of nitrogens with zero attached hydrogens (tertiary/aromatic N) is 1. The Kier molecular flexibility index (Phi) is 4.00. The fraction of sp³-hybridized carbons (Fsp3) is 0.444. The molecular formula is C9H12BrClN2. The Morgan fingerprint density at radius 1 is 1.62 bits per heavy atom. The summed E-state index contributed by atoms with van der Waals surface area (Å²) in [5.74, 6) is 1.45. The lowest BCUT2D eigenvalue weighted by Crippen LogP contribution is -2.17. The van der Waals surface area contributed by atoms with Gasteiger partial charge in [0.2, 0.25) is 0 Å². The highest BCUT2D eigenvalue weighted by Crippen LogP contribution is 2.16. The zero-order valence-corrected chi connectivity index (χ0v) is 9.98. The summed E-state index contributed by atoms with van der Waals surface area (Å²) < 4.78 is 1.02. The molecule has 2 nitrogen and oxygen atoms in total. The SMILES string of the molecule is Cc1nc(NC(C)CCl)ccc1Br. The van der Waals surface area contributed by atoms with Gasteiger partial charge in [0.25, 0.3) is 0 Å². The largest absolute Gasteiger partial charge is 0.366 e. The molecule has 4 heteroatoms. The molecule has 0 fully saturated rings. The summed E-state index contributed by atoms with van der Waals surface area (Å²) in [6, 6.07) is 4.15. The van der Waals surface area contributed by atoms with Gasteiger partial charge in [0.15, 0.2) is 0 Å². The summed E-state index contributed by atoms with van der Waals surface area (Å²) in [7, 11) is 0. The van der Waals surface area contributed by atoms with E-state index in [-0.39, 0.29) is 6.04 Å². The molecule has 0 aliphatic rings. The van der Waals surface area contributed by atoms with Crippen LogP contribution in [0, 0.1) is 6.92 Å². The quantitative estimate of drug-likeness (QED) is 0.847. The van der Waals surface area contributed by atoms with E-state index < -0.39 is 0 Å². The Hall–Kier alpha value is -0.280. The van der Waals surface area contributed by atoms with Crippen LogP contribution >= 0.6 is 27.5 Å². The van der Waals surface area contributed by atoms with E-state index in [0.29, 0.717) is 5.88 Å². The number of nitrogens with one attached hydrogen (secondary N) is 1. The molecule has 13 heavy (non-hydrogen) atoms. The van der Waals surface area contributed by atoms with E-state index in [4.69, 9.17) is 11.6 Å². The van der Waals surface area contributed by atoms with Gasteiger partial charge in [-0.2, -0.15) is 0 Å². The first-order valence-corrected chi connectivity index (χ1v) is 5.42. The minimum atomic E-state index is 0.245. The summed E-state index contributed by atoms with van der Waals surface area (Å²) in [6.45, 7) is 3.98. The van der Waals surface area contributed by atoms with Crippen LogP contribution in [0.15, 0.2) is 16.6 Å². The molecule has 0 amide bonds. The van der Waals surface area contributed by atoms with Gasteiger partial charge < -0.3 is 5.32 Å². The maximum atomic E-state index is 5.67. The van der Waals surface area contributed by atoms with Crippen LogP contribution in [-0.2, 0) is 0 Å². The summed E-state index contributed by atoms with van der Waals surface area (Å²) in [4.78, 5) is 4.34. The van der Waals surface area contributed by atoms with Gasteiger partial charge in [0, 0.05) is 16.4 Å². The van der Waals surface area contributed by atoms with Gasteiger partial charge in [0.1, 0.15) is 5.82 Å². The van der Waals surface area contributed by atoms with Crippen molar-refractivity contribution in [3.63, 3.8) is 0 Å². The van der Waals surface area contributed by atoms with E-state index in [0.717, 1.165) is 16.0 Å². The first-order valence-electron chi connectivity index (χ1n) is 4.09. The van der Waals surface area contributed by atoms with Crippen molar-refractivity contribution in [3.05, 3.63) is 22.3 Å². The molecule has 1 N–H and O–H groups in total. The van der Waals surface area contributed by atoms with Gasteiger partial charge in [-0.15, -0.1) is 11.6 Å². The molecule has 0 spiro atoms. The molecule has 0 aliphatic heterocycles. The van der Waals surface area contributed by atoms with Crippen LogP contribution in [0.3, 0.4) is 0 Å². The lowest BCUT2D eigenvalue weighted by molar-refractivity contribution is 0.894. The minimum Gasteiger partial charge on any atom is -0.366 e. The normalized spacial score (nSPS) is 12.6. The number of anilines is 1. The maximum absolute atomic E-state index is 5.67. The van der Waals surface area contributed by atoms with Crippen molar-refractivity contribution in [3.8, 4) is 0 Å². The van der Waals surface area contributed by atoms with Crippen LogP contribution in [-0.4, -0.2) is 16.9 Å². The number of halogens is 2. The van der Waals surface area contributed by atoms with Gasteiger partial charge in [0.05, 0.1) is 5.69 Å². The first-order chi connectivity index (χ1) is 6.13. The lowest BCUT2D eigenvalue weighted by Gasteiger charge is -2.11. The lowest BCUT2D eigenvalue weighted by atomic mass is 10.3. The Labute approximate surface area is 91.8 Å². The van der Waals surface area contributed by atoms with Crippen molar-refractivity contribution >= 4 is 33.3 Å². The highest BCUT2D eigenvalue weighted by Gasteiger charge is 2.02. The molecule has 0 saturated heterocycles. The summed E-state index contributed by atoms with van der Waals surface area (Å²) in [5.41, 5.74) is 0.978. The second-order valence-corrected chi connectivity index (χ2v) is 4.13. The predicted octanol–water partition coefficient (Wildman–Crippen LogP) is 3.19. The topological polar surface area (TPSA) is 24.9 Å². The van der Waals surface area contributed by atoms with E-state index >= 15 is 0 Å². The van der Waals surface area contributed by atoms with Crippen LogP contribution in [0.5, 0.6) is 0 Å². The molecule has 1 aromatic rings. The Balaban J connectivity index is 2.73. The molecule has 1 unspecified atom stereocenters. The first kappa shape index (κ1) is 10.8. The second-order valence-electron chi connectivity index (χ2n) is 2.96. The standard InChI is InChI=1S/C9H12BrClN2/c1-6(5-11)12-9-4-3-8(10)7(2)13-9/h3-4,6H,5H2,1-2H3,(H,12,13). The molecule has 72 valence electrons. The molecule has 0 radical (unpaired) electrons. The highest BCUT2D eigenvalue weighted by molar-refractivity contribution is 9.10. The van der Waals surface area contributed by atoms with Crippen LogP contribution in [0.1, 0.15) is 12.6 Å². The minimum absolute atomic E-state index is 0.245. The average molecular weight is 264 g/mol. The van der Waals surface area contributed by atoms with E-state index in [2.05, 4.69) is 26.2 Å². The number of rotatable bonds is 3.